The molecule has 0 aromatic carbocycles. The van der Waals surface area contributed by atoms with Crippen molar-refractivity contribution < 1.29 is 110 Å². The third-order valence-electron chi connectivity index (χ3n) is 13.1. The molecular weight excluding hydrogens is 1250 g/mol. The molecule has 25 nitrogen and oxygen atoms in total. The number of carbonyl (C=O) groups is 6. The van der Waals surface area contributed by atoms with E-state index in [0.29, 0.717) is 165 Å². The number of amides is 4. The van der Waals surface area contributed by atoms with Crippen molar-refractivity contribution in [3.63, 3.8) is 0 Å². The normalized spacial score (nSPS) is 21.8. The van der Waals surface area contributed by atoms with Gasteiger partial charge in [-0.3, -0.25) is 38.6 Å². The lowest BCUT2D eigenvalue weighted by Crippen LogP contribution is -2.38. The second kappa shape index (κ2) is 49.5. The average Bonchev–Trinajstić information content (AvgIpc) is 4.51. The van der Waals surface area contributed by atoms with E-state index in [1.54, 1.807) is 40.9 Å². The van der Waals surface area contributed by atoms with Crippen LogP contribution in [0.5, 0.6) is 0 Å². The predicted molar refractivity (Wildman–Crippen MR) is 320 cm³/mol. The van der Waals surface area contributed by atoms with Crippen LogP contribution < -0.4 is 0 Å². The van der Waals surface area contributed by atoms with Crippen molar-refractivity contribution in [3.05, 3.63) is 24.3 Å². The van der Waals surface area contributed by atoms with Crippen LogP contribution in [-0.2, 0) is 167 Å². The highest BCUT2D eigenvalue weighted by atomic mass is 33.4. The minimum Gasteiger partial charge on any atom is -0.480 e. The van der Waals surface area contributed by atoms with Crippen LogP contribution in [0, 0.1) is 47.3 Å². The minimum absolute atomic E-state index is 0.0380. The Labute approximate surface area is 515 Å². The largest absolute Gasteiger partial charge is 0.480 e. The molecule has 4 aliphatic carbocycles. The van der Waals surface area contributed by atoms with Crippen molar-refractivity contribution in [2.24, 2.45) is 47.3 Å². The number of fused-ring (bicyclic) bond motifs is 10. The van der Waals surface area contributed by atoms with E-state index in [2.05, 4.69) is 22.4 Å². The number of allylic oxidation sites excluding steroid dienone is 4. The van der Waals surface area contributed by atoms with Gasteiger partial charge in [0.05, 0.1) is 202 Å². The summed E-state index contributed by atoms with van der Waals surface area (Å²) in [4.78, 5) is 73.7. The van der Waals surface area contributed by atoms with Gasteiger partial charge in [0.15, 0.2) is 0 Å². The van der Waals surface area contributed by atoms with E-state index < -0.39 is 18.5 Å². The molecule has 0 aromatic rings. The first-order valence-corrected chi connectivity index (χ1v) is 35.6. The molecule has 482 valence electrons. The van der Waals surface area contributed by atoms with Crippen LogP contribution in [0.1, 0.15) is 12.8 Å². The Hall–Kier alpha value is -2.36. The summed E-state index contributed by atoms with van der Waals surface area (Å²) in [7, 11) is 10.6. The second-order valence-corrected chi connectivity index (χ2v) is 27.4. The van der Waals surface area contributed by atoms with Crippen LogP contribution in [0.3, 0.4) is 0 Å². The smallest absolute Gasteiger partial charge is 0.326 e. The number of esters is 1. The van der Waals surface area contributed by atoms with E-state index in [9.17, 15) is 28.8 Å². The summed E-state index contributed by atoms with van der Waals surface area (Å²) < 4.78 is 78.7. The topological polar surface area (TPSA) is 288 Å². The molecule has 0 aromatic heterocycles. The molecule has 4 bridgehead atoms. The van der Waals surface area contributed by atoms with Crippen molar-refractivity contribution in [2.75, 3.05) is 212 Å². The van der Waals surface area contributed by atoms with Crippen molar-refractivity contribution in [1.82, 2.24) is 9.80 Å². The number of nitrogens with zero attached hydrogens (tertiary/aromatic N) is 2. The first-order chi connectivity index (χ1) is 41.1. The molecular formula is C52H84N2O23S7. The van der Waals surface area contributed by atoms with Crippen molar-refractivity contribution in [2.45, 2.75) is 12.8 Å². The van der Waals surface area contributed by atoms with Gasteiger partial charge in [-0.2, -0.15) is 0 Å². The van der Waals surface area contributed by atoms with Gasteiger partial charge in [-0.25, -0.2) is 0 Å². The fourth-order valence-electron chi connectivity index (χ4n) is 9.55. The number of rotatable bonds is 45. The van der Waals surface area contributed by atoms with Crippen LogP contribution in [-0.4, -0.2) is 268 Å². The lowest BCUT2D eigenvalue weighted by molar-refractivity contribution is -0.154. The van der Waals surface area contributed by atoms with E-state index in [0.717, 1.165) is 22.6 Å². The van der Waals surface area contributed by atoms with Gasteiger partial charge in [0.25, 0.3) is 0 Å². The summed E-state index contributed by atoms with van der Waals surface area (Å²) in [6, 6.07) is 0. The van der Waals surface area contributed by atoms with Gasteiger partial charge in [-0.1, -0.05) is 24.3 Å². The molecule has 4 amide bonds. The number of aliphatic carboxylic acids is 1. The zero-order valence-electron chi connectivity index (χ0n) is 47.8. The highest BCUT2D eigenvalue weighted by Gasteiger charge is 2.60. The number of methoxy groups -OCH3 is 2. The number of hydrogen-bond acceptors (Lipinski definition) is 24. The monoisotopic (exact) mass is 1330 g/mol. The molecule has 2 heterocycles. The van der Waals surface area contributed by atoms with Crippen molar-refractivity contribution in [3.8, 4) is 0 Å². The number of carboxylic acids is 1. The number of ether oxygens (including phenoxy) is 15. The van der Waals surface area contributed by atoms with Gasteiger partial charge >= 0.3 is 11.9 Å². The zero-order chi connectivity index (χ0) is 60.8. The quantitative estimate of drug-likeness (QED) is 0.0342. The average molecular weight is 1330 g/mol. The predicted octanol–water partition coefficient (Wildman–Crippen LogP) is -0.331. The first-order valence-electron chi connectivity index (χ1n) is 27.6. The maximum Gasteiger partial charge on any atom is 0.326 e. The number of hydrogen-bond donors (Lipinski definition) is 2. The Bertz CT molecular complexity index is 2090. The Kier molecular flexibility index (Phi) is 44.7. The van der Waals surface area contributed by atoms with E-state index in [1.807, 2.05) is 24.3 Å². The van der Waals surface area contributed by atoms with Crippen molar-refractivity contribution in [1.29, 1.82) is 0 Å². The SMILES string of the molecule is COCCOCCOCCOCCOCCOCCOCCO.COCCOCCOCCOCCOCCOCCOCCOC(=O)CN1C(=O)C2C3C=CC(C3)C2C1=O.O=C(O)CN1C(=O)C2C3C=CC(C3)C2C1=O.S=S=S=S=S=S=S. The molecule has 2 aliphatic heterocycles. The van der Waals surface area contributed by atoms with E-state index >= 15 is 0 Å². The maximum absolute atomic E-state index is 12.6. The summed E-state index contributed by atoms with van der Waals surface area (Å²) in [6.45, 7) is 12.1. The van der Waals surface area contributed by atoms with Gasteiger partial charge in [0.2, 0.25) is 23.6 Å². The number of carboxylic acid groups (broad SMARTS) is 1. The molecule has 32 heteroatoms. The third-order valence-corrected chi connectivity index (χ3v) is 22.0. The molecule has 8 atom stereocenters. The fourth-order valence-corrected chi connectivity index (χ4v) is 17.8. The van der Waals surface area contributed by atoms with Gasteiger partial charge in [0.1, 0.15) is 19.7 Å². The summed E-state index contributed by atoms with van der Waals surface area (Å²) in [6.07, 6.45) is 9.74. The summed E-state index contributed by atoms with van der Waals surface area (Å²) >= 11 is 9.14. The number of imide groups is 2. The number of likely N-dealkylation sites (tertiary alicyclic amines) is 2. The molecule has 2 N–H and O–H groups in total. The molecule has 0 spiro atoms. The summed E-state index contributed by atoms with van der Waals surface area (Å²) in [5.41, 5.74) is 0. The second-order valence-electron chi connectivity index (χ2n) is 18.5. The Morgan fingerprint density at radius 1 is 0.417 bits per heavy atom. The highest BCUT2D eigenvalue weighted by Crippen LogP contribution is 2.53. The van der Waals surface area contributed by atoms with E-state index in [1.165, 1.54) is 17.8 Å². The Balaban J connectivity index is 0.000000338. The standard InChI is InChI=1S/C26H41NO11.C15H32O8.C11H11NO4.S7/c1-31-4-5-32-6-7-33-8-9-34-10-11-35-12-13-36-14-15-37-16-17-38-22(28)19-27-25(29)23-20-2-3-21(18-20)24(23)26(27)30;1-17-4-5-19-8-9-21-12-13-23-15-14-22-11-10-20-7-6-18-3-2-16;13-7(14)4-12-10(15)8-5-1-2-6(3-5)9(8)11(12)16;1-3-5-7-6-4-2/h2-3,20-21,23-24H,4-19H2,1H3;16H,2-15H2,1H3;1-2,5-6,8-9H,3-4H2,(H,13,14);. The lowest BCUT2D eigenvalue weighted by Gasteiger charge is -2.16. The Morgan fingerprint density at radius 2 is 0.667 bits per heavy atom. The molecule has 2 saturated heterocycles. The maximum atomic E-state index is 12.6. The zero-order valence-corrected chi connectivity index (χ0v) is 53.5. The van der Waals surface area contributed by atoms with Crippen LogP contribution in [0.15, 0.2) is 24.3 Å². The minimum atomic E-state index is -1.14. The molecule has 6 rings (SSSR count). The van der Waals surface area contributed by atoms with Gasteiger partial charge in [-0.05, 0) is 36.5 Å². The molecule has 0 radical (unpaired) electrons. The van der Waals surface area contributed by atoms with Gasteiger partial charge in [0, 0.05) is 81.0 Å². The number of aliphatic hydroxyl groups is 1. The molecule has 2 saturated carbocycles. The van der Waals surface area contributed by atoms with Gasteiger partial charge in [-0.15, -0.1) is 0 Å². The molecule has 6 aliphatic rings. The van der Waals surface area contributed by atoms with E-state index in [4.69, 9.17) is 81.3 Å². The van der Waals surface area contributed by atoms with Crippen molar-refractivity contribution >= 4 is 102 Å². The Morgan fingerprint density at radius 3 is 0.917 bits per heavy atom. The highest BCUT2D eigenvalue weighted by molar-refractivity contribution is 8.68. The van der Waals surface area contributed by atoms with Crippen LogP contribution in [0.4, 0.5) is 0 Å². The lowest BCUT2D eigenvalue weighted by atomic mass is 9.85. The van der Waals surface area contributed by atoms with Crippen LogP contribution in [0.25, 0.3) is 0 Å². The fraction of sp³-hybridized carbons (Fsp3) is 0.808. The number of aliphatic hydroxyl groups excluding tert-OH is 1. The molecule has 84 heavy (non-hydrogen) atoms. The van der Waals surface area contributed by atoms with E-state index in [-0.39, 0.29) is 97.3 Å². The molecule has 8 unspecified atom stereocenters. The summed E-state index contributed by atoms with van der Waals surface area (Å²) in [5, 5.41) is 17.2. The summed E-state index contributed by atoms with van der Waals surface area (Å²) in [5.74, 6) is -3.50. The number of carbonyl (C=O) groups excluding carboxylic acids is 5. The third kappa shape index (κ3) is 30.7. The van der Waals surface area contributed by atoms with Gasteiger partial charge < -0.3 is 81.3 Å². The van der Waals surface area contributed by atoms with Crippen LogP contribution >= 0.6 is 0 Å². The molecule has 4 fully saturated rings. The van der Waals surface area contributed by atoms with Crippen LogP contribution in [0.2, 0.25) is 0 Å². The first kappa shape index (κ1) is 75.9.